The Kier molecular flexibility index (Phi) is 11.8. The number of fused-ring (bicyclic) bond motifs is 1. The van der Waals surface area contributed by atoms with E-state index in [-0.39, 0.29) is 37.6 Å². The summed E-state index contributed by atoms with van der Waals surface area (Å²) in [4.78, 5) is 56.4. The van der Waals surface area contributed by atoms with Gasteiger partial charge in [0.05, 0.1) is 30.9 Å². The second kappa shape index (κ2) is 17.5. The Morgan fingerprint density at radius 2 is 1.41 bits per heavy atom. The van der Waals surface area contributed by atoms with E-state index in [4.69, 9.17) is 43.4 Å². The lowest BCUT2D eigenvalue weighted by atomic mass is 10.1. The molecule has 0 N–H and O–H groups in total. The first-order valence-corrected chi connectivity index (χ1v) is 19.1. The molecule has 0 amide bonds. The molecule has 302 valence electrons. The van der Waals surface area contributed by atoms with Crippen molar-refractivity contribution in [3.63, 3.8) is 0 Å². The average molecular weight is 796 g/mol. The van der Waals surface area contributed by atoms with Crippen LogP contribution in [0.2, 0.25) is 0 Å². The van der Waals surface area contributed by atoms with Crippen molar-refractivity contribution in [1.82, 2.24) is 9.13 Å². The number of ether oxygens (including phenoxy) is 8. The van der Waals surface area contributed by atoms with Gasteiger partial charge >= 0.3 is 17.6 Å². The third kappa shape index (κ3) is 8.33. The number of esters is 2. The van der Waals surface area contributed by atoms with E-state index in [1.54, 1.807) is 60.7 Å². The molecular formula is C41H41N5O12. The summed E-state index contributed by atoms with van der Waals surface area (Å²) < 4.78 is 52.0. The maximum absolute atomic E-state index is 13.9. The van der Waals surface area contributed by atoms with Crippen molar-refractivity contribution >= 4 is 11.9 Å². The molecule has 1 saturated carbocycles. The minimum Gasteiger partial charge on any atom is -0.452 e. The van der Waals surface area contributed by atoms with Crippen LogP contribution >= 0.6 is 0 Å². The first kappa shape index (κ1) is 39.2. The molecule has 1 aromatic heterocycles. The normalized spacial score (nSPS) is 26.9. The molecule has 0 unspecified atom stereocenters. The third-order valence-corrected chi connectivity index (χ3v) is 10.6. The highest BCUT2D eigenvalue weighted by Gasteiger charge is 2.60. The predicted molar refractivity (Wildman–Crippen MR) is 201 cm³/mol. The van der Waals surface area contributed by atoms with Gasteiger partial charge in [-0.05, 0) is 48.2 Å². The average Bonchev–Trinajstić information content (AvgIpc) is 4.03. The molecule has 8 atom stereocenters. The molecule has 4 fully saturated rings. The Morgan fingerprint density at radius 3 is 2.07 bits per heavy atom. The molecule has 4 heterocycles. The van der Waals surface area contributed by atoms with E-state index < -0.39 is 78.1 Å². The number of azide groups is 1. The van der Waals surface area contributed by atoms with Gasteiger partial charge in [0.15, 0.2) is 30.5 Å². The number of hydrogen-bond acceptors (Lipinski definition) is 13. The molecule has 0 bridgehead atoms. The Labute approximate surface area is 331 Å². The van der Waals surface area contributed by atoms with Crippen LogP contribution in [-0.2, 0) is 51.2 Å². The van der Waals surface area contributed by atoms with Crippen LogP contribution in [0.4, 0.5) is 0 Å². The maximum Gasteiger partial charge on any atom is 0.338 e. The van der Waals surface area contributed by atoms with Gasteiger partial charge in [-0.1, -0.05) is 71.8 Å². The first-order valence-electron chi connectivity index (χ1n) is 19.1. The number of hydrogen-bond donors (Lipinski definition) is 0. The highest BCUT2D eigenvalue weighted by molar-refractivity contribution is 5.90. The van der Waals surface area contributed by atoms with Crippen molar-refractivity contribution < 1.29 is 47.5 Å². The van der Waals surface area contributed by atoms with Gasteiger partial charge in [0.25, 0.3) is 5.56 Å². The number of carbonyl (C=O) groups excluding carboxylic acids is 2. The van der Waals surface area contributed by atoms with Crippen LogP contribution in [-0.4, -0.2) is 82.9 Å². The summed E-state index contributed by atoms with van der Waals surface area (Å²) in [5, 5.41) is 3.65. The Balaban J connectivity index is 1.05. The van der Waals surface area contributed by atoms with Crippen molar-refractivity contribution in [2.24, 2.45) is 5.11 Å². The van der Waals surface area contributed by atoms with Crippen LogP contribution in [0.5, 0.6) is 0 Å². The molecule has 17 nitrogen and oxygen atoms in total. The zero-order valence-electron chi connectivity index (χ0n) is 31.2. The molecule has 4 aromatic rings. The molecule has 17 heteroatoms. The van der Waals surface area contributed by atoms with E-state index in [9.17, 15) is 19.2 Å². The van der Waals surface area contributed by atoms with Crippen molar-refractivity contribution in [1.29, 1.82) is 0 Å². The molecule has 0 radical (unpaired) electrons. The maximum atomic E-state index is 13.9. The second-order valence-electron chi connectivity index (χ2n) is 14.3. The summed E-state index contributed by atoms with van der Waals surface area (Å²) in [6, 6.07) is 27.1. The van der Waals surface area contributed by atoms with Crippen LogP contribution in [0.25, 0.3) is 10.4 Å². The fourth-order valence-electron chi connectivity index (χ4n) is 7.76. The summed E-state index contributed by atoms with van der Waals surface area (Å²) >= 11 is 0. The highest BCUT2D eigenvalue weighted by atomic mass is 16.8. The molecule has 58 heavy (non-hydrogen) atoms. The summed E-state index contributed by atoms with van der Waals surface area (Å²) in [5.74, 6) is -2.34. The predicted octanol–water partition coefficient (Wildman–Crippen LogP) is 4.64. The largest absolute Gasteiger partial charge is 0.452 e. The van der Waals surface area contributed by atoms with Crippen molar-refractivity contribution in [3.05, 3.63) is 151 Å². The fraction of sp³-hybridized carbons (Fsp3) is 0.415. The Hall–Kier alpha value is -5.65. The lowest BCUT2D eigenvalue weighted by Gasteiger charge is -2.28. The Morgan fingerprint density at radius 1 is 0.793 bits per heavy atom. The third-order valence-electron chi connectivity index (χ3n) is 10.6. The SMILES string of the molecule is [N-]=[N+]=NC[C@H]1O[C@@H](OC[C@H]2O[C@@H](n3ccc(=O)n(COCc4ccccc4)c3=O)[C@@H]3OC4(CCCC4)O[C@@H]32)[C@H](OC(=O)c2ccccc2)[C@@H]1OC(=O)c1ccccc1. The molecule has 1 aliphatic carbocycles. The molecular weight excluding hydrogens is 754 g/mol. The minimum atomic E-state index is -1.34. The van der Waals surface area contributed by atoms with E-state index in [1.165, 1.54) is 16.8 Å². The molecule has 1 spiro atoms. The zero-order valence-corrected chi connectivity index (χ0v) is 31.2. The molecule has 4 aliphatic rings. The molecule has 8 rings (SSSR count). The number of benzene rings is 3. The molecule has 3 aromatic carbocycles. The summed E-state index contributed by atoms with van der Waals surface area (Å²) in [5.41, 5.74) is 9.29. The second-order valence-corrected chi connectivity index (χ2v) is 14.3. The van der Waals surface area contributed by atoms with Crippen molar-refractivity contribution in [3.8, 4) is 0 Å². The number of aromatic nitrogens is 2. The van der Waals surface area contributed by atoms with Crippen molar-refractivity contribution in [2.75, 3.05) is 13.2 Å². The number of rotatable bonds is 14. The quantitative estimate of drug-likeness (QED) is 0.0742. The van der Waals surface area contributed by atoms with Crippen LogP contribution in [0, 0.1) is 0 Å². The Bertz CT molecular complexity index is 2230. The summed E-state index contributed by atoms with van der Waals surface area (Å²) in [6.45, 7) is -0.602. The van der Waals surface area contributed by atoms with Crippen molar-refractivity contribution in [2.45, 2.75) is 93.9 Å². The lowest BCUT2D eigenvalue weighted by molar-refractivity contribution is -0.230. The topological polar surface area (TPSA) is 201 Å². The minimum absolute atomic E-state index is 0.187. The van der Waals surface area contributed by atoms with E-state index in [0.29, 0.717) is 12.8 Å². The van der Waals surface area contributed by atoms with Gasteiger partial charge in [0.2, 0.25) is 0 Å². The van der Waals surface area contributed by atoms with E-state index in [0.717, 1.165) is 23.0 Å². The van der Waals surface area contributed by atoms with Gasteiger partial charge in [-0.15, -0.1) is 0 Å². The summed E-state index contributed by atoms with van der Waals surface area (Å²) in [6.07, 6.45) is -3.94. The van der Waals surface area contributed by atoms with Crippen LogP contribution < -0.4 is 11.2 Å². The highest BCUT2D eigenvalue weighted by Crippen LogP contribution is 2.49. The van der Waals surface area contributed by atoms with Gasteiger partial charge in [-0.25, -0.2) is 19.0 Å². The van der Waals surface area contributed by atoms with Crippen LogP contribution in [0.3, 0.4) is 0 Å². The van der Waals surface area contributed by atoms with Crippen LogP contribution in [0.1, 0.15) is 58.2 Å². The first-order chi connectivity index (χ1) is 28.3. The van der Waals surface area contributed by atoms with Gasteiger partial charge in [0, 0.05) is 30.0 Å². The van der Waals surface area contributed by atoms with E-state index in [1.807, 2.05) is 30.3 Å². The van der Waals surface area contributed by atoms with Gasteiger partial charge in [0.1, 0.15) is 31.1 Å². The van der Waals surface area contributed by atoms with Gasteiger partial charge in [-0.3, -0.25) is 9.36 Å². The smallest absolute Gasteiger partial charge is 0.338 e. The molecule has 3 saturated heterocycles. The number of nitrogens with zero attached hydrogens (tertiary/aromatic N) is 5. The van der Waals surface area contributed by atoms with Gasteiger partial charge < -0.3 is 37.9 Å². The fourth-order valence-corrected chi connectivity index (χ4v) is 7.76. The number of carbonyl (C=O) groups is 2. The molecule has 3 aliphatic heterocycles. The monoisotopic (exact) mass is 795 g/mol. The lowest BCUT2D eigenvalue weighted by Crippen LogP contribution is -2.43. The van der Waals surface area contributed by atoms with Crippen LogP contribution in [0.15, 0.2) is 118 Å². The van der Waals surface area contributed by atoms with E-state index in [2.05, 4.69) is 10.0 Å². The summed E-state index contributed by atoms with van der Waals surface area (Å²) in [7, 11) is 0. The standard InChI is InChI=1S/C41H41N5O12/c42-44-43-22-29-32(55-37(48)27-14-6-2-7-15-27)35(56-38(49)28-16-8-3-9-17-28)39(54-29)52-24-30-33-34(58-41(57-33)19-10-11-20-41)36(53-30)45-21-18-31(47)46(40(45)50)25-51-23-26-12-4-1-5-13-26/h1-9,12-18,21,29-30,32-36,39H,10-11,19-20,22-25H2/t29-,30-,32-,33-,34-,35-,36-,39-/m1/s1. The van der Waals surface area contributed by atoms with E-state index >= 15 is 0 Å². The zero-order chi connectivity index (χ0) is 40.1. The van der Waals surface area contributed by atoms with Gasteiger partial charge in [-0.2, -0.15) is 0 Å².